The average Bonchev–Trinajstić information content (AvgIpc) is 2.77. The molecule has 0 aromatic heterocycles. The van der Waals surface area contributed by atoms with Crippen LogP contribution in [0.3, 0.4) is 0 Å². The first-order valence-electron chi connectivity index (χ1n) is 9.45. The van der Waals surface area contributed by atoms with Gasteiger partial charge < -0.3 is 9.47 Å². The highest BCUT2D eigenvalue weighted by molar-refractivity contribution is 7.89. The highest BCUT2D eigenvalue weighted by Crippen LogP contribution is 2.27. The van der Waals surface area contributed by atoms with Crippen LogP contribution in [0, 0.1) is 0 Å². The minimum absolute atomic E-state index is 0.0689. The summed E-state index contributed by atoms with van der Waals surface area (Å²) in [6.07, 6.45) is 0. The summed E-state index contributed by atoms with van der Waals surface area (Å²) in [6, 6.07) is 11.2. The van der Waals surface area contributed by atoms with Gasteiger partial charge in [-0.15, -0.1) is 0 Å². The van der Waals surface area contributed by atoms with Crippen LogP contribution in [0.2, 0.25) is 0 Å². The second kappa shape index (κ2) is 10.2. The van der Waals surface area contributed by atoms with Crippen molar-refractivity contribution in [2.45, 2.75) is 25.7 Å². The Bertz CT molecular complexity index is 1030. The lowest BCUT2D eigenvalue weighted by molar-refractivity contribution is 0.0954. The molecule has 2 aromatic rings. The lowest BCUT2D eigenvalue weighted by atomic mass is 10.1. The van der Waals surface area contributed by atoms with Crippen molar-refractivity contribution in [1.82, 2.24) is 9.73 Å². The summed E-state index contributed by atoms with van der Waals surface area (Å²) in [6.45, 7) is 5.98. The molecule has 2 rings (SSSR count). The molecule has 0 saturated heterocycles. The molecule has 162 valence electrons. The molecule has 0 spiro atoms. The van der Waals surface area contributed by atoms with Crippen LogP contribution in [0.1, 0.15) is 36.7 Å². The van der Waals surface area contributed by atoms with Crippen LogP contribution in [0.25, 0.3) is 0 Å². The second-order valence-electron chi connectivity index (χ2n) is 6.33. The van der Waals surface area contributed by atoms with Crippen molar-refractivity contribution >= 4 is 21.6 Å². The minimum atomic E-state index is -3.65. The fraction of sp³-hybridized carbons (Fsp3) is 0.333. The number of hydrogen-bond acceptors (Lipinski definition) is 6. The number of methoxy groups -OCH3 is 2. The maximum atomic E-state index is 12.7. The number of benzene rings is 2. The molecule has 30 heavy (non-hydrogen) atoms. The summed E-state index contributed by atoms with van der Waals surface area (Å²) in [7, 11) is -0.568. The molecule has 9 heteroatoms. The highest BCUT2D eigenvalue weighted by atomic mass is 32.2. The molecule has 0 heterocycles. The number of rotatable bonds is 9. The topological polar surface area (TPSA) is 97.3 Å². The van der Waals surface area contributed by atoms with E-state index in [2.05, 4.69) is 10.5 Å². The summed E-state index contributed by atoms with van der Waals surface area (Å²) in [5.74, 6) is 0.626. The first-order valence-corrected chi connectivity index (χ1v) is 10.9. The second-order valence-corrected chi connectivity index (χ2v) is 8.26. The molecule has 0 fully saturated rings. The van der Waals surface area contributed by atoms with E-state index < -0.39 is 15.9 Å². The fourth-order valence-electron chi connectivity index (χ4n) is 2.84. The van der Waals surface area contributed by atoms with Gasteiger partial charge in [0.05, 0.1) is 24.8 Å². The van der Waals surface area contributed by atoms with Gasteiger partial charge in [0.15, 0.2) is 11.5 Å². The van der Waals surface area contributed by atoms with E-state index >= 15 is 0 Å². The minimum Gasteiger partial charge on any atom is -0.493 e. The monoisotopic (exact) mass is 433 g/mol. The molecule has 0 aliphatic carbocycles. The van der Waals surface area contributed by atoms with E-state index in [9.17, 15) is 13.2 Å². The predicted octanol–water partition coefficient (Wildman–Crippen LogP) is 2.89. The van der Waals surface area contributed by atoms with Crippen molar-refractivity contribution in [3.63, 3.8) is 0 Å². The molecule has 0 saturated carbocycles. The van der Waals surface area contributed by atoms with Crippen LogP contribution in [-0.4, -0.2) is 51.7 Å². The van der Waals surface area contributed by atoms with Gasteiger partial charge >= 0.3 is 0 Å². The molecule has 0 radical (unpaired) electrons. The smallest absolute Gasteiger partial charge is 0.271 e. The van der Waals surface area contributed by atoms with Crippen molar-refractivity contribution in [2.75, 3.05) is 27.3 Å². The summed E-state index contributed by atoms with van der Waals surface area (Å²) >= 11 is 0. The van der Waals surface area contributed by atoms with Gasteiger partial charge in [0.2, 0.25) is 10.0 Å². The molecule has 0 aliphatic heterocycles. The number of nitrogens with zero attached hydrogens (tertiary/aromatic N) is 2. The number of carbonyl (C=O) groups is 1. The standard InChI is InChI=1S/C21H27N3O5S/c1-6-24(7-2)30(26,27)18-10-8-9-17(13-18)21(25)23-22-15(3)16-11-12-19(28-4)20(14-16)29-5/h8-14H,6-7H2,1-5H3,(H,23,25)/b22-15+. The molecule has 0 unspecified atom stereocenters. The van der Waals surface area contributed by atoms with Gasteiger partial charge in [-0.3, -0.25) is 4.79 Å². The van der Waals surface area contributed by atoms with Crippen molar-refractivity contribution in [3.8, 4) is 11.5 Å². The summed E-state index contributed by atoms with van der Waals surface area (Å²) in [5.41, 5.74) is 3.96. The van der Waals surface area contributed by atoms with E-state index in [1.807, 2.05) is 0 Å². The number of amides is 1. The SMILES string of the molecule is CCN(CC)S(=O)(=O)c1cccc(C(=O)N/N=C(\C)c2ccc(OC)c(OC)c2)c1. The number of carbonyl (C=O) groups excluding carboxylic acids is 1. The molecular formula is C21H27N3O5S. The lowest BCUT2D eigenvalue weighted by Crippen LogP contribution is -2.30. The highest BCUT2D eigenvalue weighted by Gasteiger charge is 2.22. The molecule has 2 aromatic carbocycles. The van der Waals surface area contributed by atoms with E-state index in [0.29, 0.717) is 30.3 Å². The van der Waals surface area contributed by atoms with Crippen LogP contribution in [0.5, 0.6) is 11.5 Å². The number of hydrazone groups is 1. The van der Waals surface area contributed by atoms with E-state index in [1.54, 1.807) is 46.1 Å². The van der Waals surface area contributed by atoms with Crippen molar-refractivity contribution in [1.29, 1.82) is 0 Å². The number of hydrogen-bond donors (Lipinski definition) is 1. The third kappa shape index (κ3) is 5.17. The maximum Gasteiger partial charge on any atom is 0.271 e. The Balaban J connectivity index is 2.22. The third-order valence-electron chi connectivity index (χ3n) is 4.57. The van der Waals surface area contributed by atoms with Gasteiger partial charge in [-0.25, -0.2) is 13.8 Å². The third-order valence-corrected chi connectivity index (χ3v) is 6.61. The summed E-state index contributed by atoms with van der Waals surface area (Å²) in [4.78, 5) is 12.6. The molecule has 0 bridgehead atoms. The predicted molar refractivity (Wildman–Crippen MR) is 116 cm³/mol. The number of nitrogens with one attached hydrogen (secondary N) is 1. The van der Waals surface area contributed by atoms with Crippen molar-refractivity contribution in [3.05, 3.63) is 53.6 Å². The van der Waals surface area contributed by atoms with Crippen LogP contribution >= 0.6 is 0 Å². The van der Waals surface area contributed by atoms with Gasteiger partial charge in [0.1, 0.15) is 0 Å². The van der Waals surface area contributed by atoms with Gasteiger partial charge in [-0.1, -0.05) is 19.9 Å². The zero-order chi connectivity index (χ0) is 22.3. The van der Waals surface area contributed by atoms with Crippen molar-refractivity contribution < 1.29 is 22.7 Å². The van der Waals surface area contributed by atoms with E-state index in [0.717, 1.165) is 5.56 Å². The summed E-state index contributed by atoms with van der Waals surface area (Å²) < 4.78 is 37.2. The number of sulfonamides is 1. The largest absolute Gasteiger partial charge is 0.493 e. The fourth-order valence-corrected chi connectivity index (χ4v) is 4.34. The quantitative estimate of drug-likeness (QED) is 0.484. The molecule has 0 aliphatic rings. The van der Waals surface area contributed by atoms with Gasteiger partial charge in [0.25, 0.3) is 5.91 Å². The summed E-state index contributed by atoms with van der Waals surface area (Å²) in [5, 5.41) is 4.12. The van der Waals surface area contributed by atoms with E-state index in [1.165, 1.54) is 35.7 Å². The normalized spacial score (nSPS) is 12.0. The van der Waals surface area contributed by atoms with Gasteiger partial charge in [-0.2, -0.15) is 9.41 Å². The molecule has 0 atom stereocenters. The van der Waals surface area contributed by atoms with Crippen LogP contribution in [0.15, 0.2) is 52.5 Å². The average molecular weight is 434 g/mol. The van der Waals surface area contributed by atoms with Gasteiger partial charge in [-0.05, 0) is 43.3 Å². The zero-order valence-electron chi connectivity index (χ0n) is 17.8. The van der Waals surface area contributed by atoms with Gasteiger partial charge in [0, 0.05) is 24.2 Å². The molecule has 1 N–H and O–H groups in total. The Labute approximate surface area is 177 Å². The Hall–Kier alpha value is -2.91. The van der Waals surface area contributed by atoms with Crippen molar-refractivity contribution in [2.24, 2.45) is 5.10 Å². The Morgan fingerprint density at radius 1 is 1.00 bits per heavy atom. The van der Waals surface area contributed by atoms with E-state index in [-0.39, 0.29) is 10.5 Å². The molecule has 8 nitrogen and oxygen atoms in total. The maximum absolute atomic E-state index is 12.7. The van der Waals surface area contributed by atoms with Crippen LogP contribution < -0.4 is 14.9 Å². The first kappa shape index (κ1) is 23.4. The number of ether oxygens (including phenoxy) is 2. The lowest BCUT2D eigenvalue weighted by Gasteiger charge is -2.18. The molecular weight excluding hydrogens is 406 g/mol. The Kier molecular flexibility index (Phi) is 7.96. The first-order chi connectivity index (χ1) is 14.3. The van der Waals surface area contributed by atoms with Crippen LogP contribution in [0.4, 0.5) is 0 Å². The zero-order valence-corrected chi connectivity index (χ0v) is 18.6. The molecule has 1 amide bonds. The Morgan fingerprint density at radius 3 is 2.27 bits per heavy atom. The van der Waals surface area contributed by atoms with E-state index in [4.69, 9.17) is 9.47 Å². The van der Waals surface area contributed by atoms with Crippen LogP contribution in [-0.2, 0) is 10.0 Å². The Morgan fingerprint density at radius 2 is 1.67 bits per heavy atom.